The lowest BCUT2D eigenvalue weighted by molar-refractivity contribution is -0.139. The molecule has 0 unspecified atom stereocenters. The molecule has 0 amide bonds. The Morgan fingerprint density at radius 1 is 1.75 bits per heavy atom. The van der Waals surface area contributed by atoms with Crippen LogP contribution >= 0.6 is 11.3 Å². The second-order valence-electron chi connectivity index (χ2n) is 2.99. The number of allylic oxidation sites excluding steroid dienone is 1. The third kappa shape index (κ3) is 4.15. The number of hydrogen-bond donors (Lipinski definition) is 1. The van der Waals surface area contributed by atoms with Crippen LogP contribution in [0.2, 0.25) is 0 Å². The van der Waals surface area contributed by atoms with E-state index in [9.17, 15) is 4.79 Å². The molecule has 0 atom stereocenters. The van der Waals surface area contributed by atoms with Crippen LogP contribution in [-0.2, 0) is 16.0 Å². The molecule has 1 rings (SSSR count). The van der Waals surface area contributed by atoms with Crippen molar-refractivity contribution in [2.75, 3.05) is 13.7 Å². The number of nitrogens with zero attached hydrogens (tertiary/aromatic N) is 1. The van der Waals surface area contributed by atoms with E-state index in [-0.39, 0.29) is 12.5 Å². The van der Waals surface area contributed by atoms with Gasteiger partial charge in [-0.05, 0) is 11.4 Å². The number of methoxy groups -OCH3 is 1. The van der Waals surface area contributed by atoms with Crippen LogP contribution in [0.3, 0.4) is 0 Å². The zero-order valence-corrected chi connectivity index (χ0v) is 9.71. The molecule has 0 spiro atoms. The van der Waals surface area contributed by atoms with Crippen molar-refractivity contribution in [2.24, 2.45) is 0 Å². The fraction of sp³-hybridized carbons (Fsp3) is 0.273. The van der Waals surface area contributed by atoms with E-state index in [1.165, 1.54) is 7.11 Å². The van der Waals surface area contributed by atoms with E-state index < -0.39 is 0 Å². The van der Waals surface area contributed by atoms with Crippen LogP contribution in [0.5, 0.6) is 0 Å². The fourth-order valence-electron chi connectivity index (χ4n) is 1.05. The van der Waals surface area contributed by atoms with E-state index in [0.717, 1.165) is 4.88 Å². The van der Waals surface area contributed by atoms with Crippen molar-refractivity contribution in [3.63, 3.8) is 0 Å². The predicted molar refractivity (Wildman–Crippen MR) is 61.7 cm³/mol. The number of thiophene rings is 1. The molecule has 4 nitrogen and oxygen atoms in total. The molecule has 1 N–H and O–H groups in total. The Labute approximate surface area is 98.2 Å². The van der Waals surface area contributed by atoms with Crippen molar-refractivity contribution in [1.82, 2.24) is 5.32 Å². The lowest BCUT2D eigenvalue weighted by Crippen LogP contribution is -2.19. The molecule has 1 aromatic rings. The van der Waals surface area contributed by atoms with Crippen molar-refractivity contribution in [1.29, 1.82) is 5.26 Å². The number of rotatable bonds is 5. The minimum absolute atomic E-state index is 0.0755. The average Bonchev–Trinajstić information content (AvgIpc) is 2.80. The van der Waals surface area contributed by atoms with Gasteiger partial charge in [0.05, 0.1) is 18.8 Å². The van der Waals surface area contributed by atoms with Gasteiger partial charge in [0.25, 0.3) is 0 Å². The first-order valence-electron chi connectivity index (χ1n) is 4.68. The van der Waals surface area contributed by atoms with Crippen LogP contribution in [0.1, 0.15) is 4.88 Å². The Morgan fingerprint density at radius 3 is 3.12 bits per heavy atom. The summed E-state index contributed by atoms with van der Waals surface area (Å²) >= 11 is 1.60. The Hall–Kier alpha value is -1.80. The number of ether oxygens (including phenoxy) is 1. The molecule has 0 aliphatic carbocycles. The molecular weight excluding hydrogens is 224 g/mol. The third-order valence-corrected chi connectivity index (χ3v) is 2.72. The molecule has 0 saturated heterocycles. The number of nitriles is 1. The summed E-state index contributed by atoms with van der Waals surface area (Å²) in [5, 5.41) is 13.6. The van der Waals surface area contributed by atoms with Crippen molar-refractivity contribution in [3.8, 4) is 6.07 Å². The molecular formula is C11H12N2O2S. The molecule has 1 heterocycles. The lowest BCUT2D eigenvalue weighted by Gasteiger charge is -2.00. The fourth-order valence-corrected chi connectivity index (χ4v) is 1.78. The molecule has 1 aromatic heterocycles. The molecule has 0 aliphatic heterocycles. The molecule has 0 bridgehead atoms. The lowest BCUT2D eigenvalue weighted by atomic mass is 10.2. The van der Waals surface area contributed by atoms with E-state index in [4.69, 9.17) is 5.26 Å². The molecule has 84 valence electrons. The third-order valence-electron chi connectivity index (χ3n) is 1.84. The zero-order chi connectivity index (χ0) is 11.8. The summed E-state index contributed by atoms with van der Waals surface area (Å²) in [4.78, 5) is 11.9. The average molecular weight is 236 g/mol. The highest BCUT2D eigenvalue weighted by Crippen LogP contribution is 2.13. The Kier molecular flexibility index (Phi) is 5.09. The van der Waals surface area contributed by atoms with Gasteiger partial charge in [0.15, 0.2) is 0 Å². The van der Waals surface area contributed by atoms with Crippen LogP contribution in [0.25, 0.3) is 0 Å². The zero-order valence-electron chi connectivity index (χ0n) is 8.90. The summed E-state index contributed by atoms with van der Waals surface area (Å²) in [6, 6.07) is 5.99. The number of carbonyl (C=O) groups is 1. The van der Waals surface area contributed by atoms with Crippen LogP contribution < -0.4 is 5.32 Å². The van der Waals surface area contributed by atoms with Crippen LogP contribution in [0.15, 0.2) is 29.3 Å². The summed E-state index contributed by atoms with van der Waals surface area (Å²) in [5.41, 5.74) is 0.589. The van der Waals surface area contributed by atoms with E-state index in [1.807, 2.05) is 17.5 Å². The molecule has 0 saturated carbocycles. The largest absolute Gasteiger partial charge is 0.468 e. The standard InChI is InChI=1S/C11H12N2O2S/c1-15-11(14)8-13-7-9(6-12)5-10-3-2-4-16-10/h2-4,7,13H,5,8H2,1H3/b9-7-. The van der Waals surface area contributed by atoms with Crippen LogP contribution in [0, 0.1) is 11.3 Å². The van der Waals surface area contributed by atoms with Gasteiger partial charge in [-0.15, -0.1) is 11.3 Å². The van der Waals surface area contributed by atoms with Gasteiger partial charge in [-0.25, -0.2) is 0 Å². The molecule has 0 aliphatic rings. The quantitative estimate of drug-likeness (QED) is 0.621. The minimum atomic E-state index is -0.357. The maximum absolute atomic E-state index is 10.8. The molecule has 0 aromatic carbocycles. The van der Waals surface area contributed by atoms with E-state index in [0.29, 0.717) is 12.0 Å². The van der Waals surface area contributed by atoms with Gasteiger partial charge in [-0.3, -0.25) is 4.79 Å². The SMILES string of the molecule is COC(=O)CN/C=C(\C#N)Cc1cccs1. The summed E-state index contributed by atoms with van der Waals surface area (Å²) in [5.74, 6) is -0.357. The summed E-state index contributed by atoms with van der Waals surface area (Å²) in [6.45, 7) is 0.0755. The number of hydrogen-bond acceptors (Lipinski definition) is 5. The maximum Gasteiger partial charge on any atom is 0.325 e. The van der Waals surface area contributed by atoms with Gasteiger partial charge in [0, 0.05) is 17.5 Å². The van der Waals surface area contributed by atoms with E-state index >= 15 is 0 Å². The molecule has 16 heavy (non-hydrogen) atoms. The number of nitrogens with one attached hydrogen (secondary N) is 1. The first-order chi connectivity index (χ1) is 7.76. The number of carbonyl (C=O) groups excluding carboxylic acids is 1. The van der Waals surface area contributed by atoms with Crippen molar-refractivity contribution >= 4 is 17.3 Å². The highest BCUT2D eigenvalue weighted by molar-refractivity contribution is 7.09. The molecule has 0 fully saturated rings. The first-order valence-corrected chi connectivity index (χ1v) is 5.56. The van der Waals surface area contributed by atoms with Crippen molar-refractivity contribution in [3.05, 3.63) is 34.2 Å². The highest BCUT2D eigenvalue weighted by atomic mass is 32.1. The number of esters is 1. The van der Waals surface area contributed by atoms with E-state index in [1.54, 1.807) is 17.5 Å². The highest BCUT2D eigenvalue weighted by Gasteiger charge is 2.01. The summed E-state index contributed by atoms with van der Waals surface area (Å²) in [6.07, 6.45) is 2.14. The first kappa shape index (κ1) is 12.3. The Balaban J connectivity index is 2.45. The van der Waals surface area contributed by atoms with Crippen molar-refractivity contribution < 1.29 is 9.53 Å². The second kappa shape index (κ2) is 6.64. The second-order valence-corrected chi connectivity index (χ2v) is 4.03. The molecule has 0 radical (unpaired) electrons. The monoisotopic (exact) mass is 236 g/mol. The molecule has 5 heteroatoms. The Morgan fingerprint density at radius 2 is 2.56 bits per heavy atom. The van der Waals surface area contributed by atoms with Gasteiger partial charge in [-0.1, -0.05) is 6.07 Å². The summed E-state index contributed by atoms with van der Waals surface area (Å²) in [7, 11) is 1.32. The van der Waals surface area contributed by atoms with Gasteiger partial charge in [0.1, 0.15) is 6.54 Å². The van der Waals surface area contributed by atoms with Gasteiger partial charge in [-0.2, -0.15) is 5.26 Å². The van der Waals surface area contributed by atoms with E-state index in [2.05, 4.69) is 16.1 Å². The Bertz CT molecular complexity index is 404. The smallest absolute Gasteiger partial charge is 0.325 e. The van der Waals surface area contributed by atoms with Crippen LogP contribution in [-0.4, -0.2) is 19.6 Å². The van der Waals surface area contributed by atoms with Gasteiger partial charge < -0.3 is 10.1 Å². The maximum atomic E-state index is 10.8. The normalized spacial score (nSPS) is 10.6. The van der Waals surface area contributed by atoms with Gasteiger partial charge in [0.2, 0.25) is 0 Å². The predicted octanol–water partition coefficient (Wildman–Crippen LogP) is 1.46. The van der Waals surface area contributed by atoms with Crippen molar-refractivity contribution in [2.45, 2.75) is 6.42 Å². The van der Waals surface area contributed by atoms with Gasteiger partial charge >= 0.3 is 5.97 Å². The topological polar surface area (TPSA) is 62.1 Å². The minimum Gasteiger partial charge on any atom is -0.468 e. The summed E-state index contributed by atoms with van der Waals surface area (Å²) < 4.78 is 4.46. The van der Waals surface area contributed by atoms with Crippen LogP contribution in [0.4, 0.5) is 0 Å².